The Balaban J connectivity index is 1.64. The number of halogens is 2. The average molecular weight is 302 g/mol. The number of likely N-dealkylation sites (tertiary alicyclic amines) is 1. The highest BCUT2D eigenvalue weighted by atomic mass is 19.3. The van der Waals surface area contributed by atoms with Gasteiger partial charge in [0, 0.05) is 25.6 Å². The van der Waals surface area contributed by atoms with Crippen LogP contribution in [0.4, 0.5) is 8.78 Å². The largest absolute Gasteiger partial charge is 0.372 e. The van der Waals surface area contributed by atoms with Crippen LogP contribution in [-0.4, -0.2) is 48.2 Å². The molecule has 122 valence electrons. The van der Waals surface area contributed by atoms with Gasteiger partial charge in [-0.25, -0.2) is 8.78 Å². The van der Waals surface area contributed by atoms with Crippen molar-refractivity contribution < 1.29 is 13.5 Å². The third-order valence-electron chi connectivity index (χ3n) is 5.72. The molecule has 3 fully saturated rings. The molecule has 0 aromatic carbocycles. The summed E-state index contributed by atoms with van der Waals surface area (Å²) in [5.41, 5.74) is 5.78. The normalized spacial score (nSPS) is 43.4. The molecular weight excluding hydrogens is 274 g/mol. The fourth-order valence-corrected chi connectivity index (χ4v) is 4.36. The second-order valence-electron chi connectivity index (χ2n) is 7.46. The number of hydrogen-bond donors (Lipinski definition) is 1. The molecule has 0 amide bonds. The summed E-state index contributed by atoms with van der Waals surface area (Å²) in [6.07, 6.45) is 3.12. The number of nitrogens with two attached hydrogens (primary N) is 1. The van der Waals surface area contributed by atoms with Gasteiger partial charge >= 0.3 is 0 Å². The molecule has 2 aliphatic carbocycles. The van der Waals surface area contributed by atoms with E-state index in [0.717, 1.165) is 25.9 Å². The van der Waals surface area contributed by atoms with E-state index in [1.807, 2.05) is 0 Å². The summed E-state index contributed by atoms with van der Waals surface area (Å²) in [6, 6.07) is -0.580. The third-order valence-corrected chi connectivity index (χ3v) is 5.72. The van der Waals surface area contributed by atoms with Crippen LogP contribution in [0.5, 0.6) is 0 Å². The van der Waals surface area contributed by atoms with Crippen LogP contribution in [0.25, 0.3) is 0 Å². The highest BCUT2D eigenvalue weighted by Gasteiger charge is 2.49. The standard InChI is InChI=1S/C16H28F2N2O/c1-10(2)20-8-11-5-6-12(9-20)14(11)21-13-4-3-7-16(17,18)15(13)19/h10-15H,3-9,19H2,1-2H3. The lowest BCUT2D eigenvalue weighted by molar-refractivity contribution is -0.155. The summed E-state index contributed by atoms with van der Waals surface area (Å²) in [7, 11) is 0. The maximum absolute atomic E-state index is 13.8. The minimum Gasteiger partial charge on any atom is -0.372 e. The highest BCUT2D eigenvalue weighted by Crippen LogP contribution is 2.42. The Bertz CT molecular complexity index is 363. The van der Waals surface area contributed by atoms with E-state index in [1.54, 1.807) is 0 Å². The predicted octanol–water partition coefficient (Wildman–Crippen LogP) is 2.64. The topological polar surface area (TPSA) is 38.5 Å². The lowest BCUT2D eigenvalue weighted by Crippen LogP contribution is -2.56. The summed E-state index contributed by atoms with van der Waals surface area (Å²) in [4.78, 5) is 2.50. The maximum atomic E-state index is 13.8. The van der Waals surface area contributed by atoms with Crippen LogP contribution in [0.15, 0.2) is 0 Å². The molecule has 0 spiro atoms. The first-order valence-electron chi connectivity index (χ1n) is 8.41. The van der Waals surface area contributed by atoms with Gasteiger partial charge in [-0.15, -0.1) is 0 Å². The monoisotopic (exact) mass is 302 g/mol. The molecule has 3 nitrogen and oxygen atoms in total. The van der Waals surface area contributed by atoms with E-state index in [1.165, 1.54) is 0 Å². The molecule has 2 bridgehead atoms. The minimum atomic E-state index is -2.76. The number of nitrogens with zero attached hydrogens (tertiary/aromatic N) is 1. The van der Waals surface area contributed by atoms with Gasteiger partial charge in [0.2, 0.25) is 0 Å². The summed E-state index contributed by atoms with van der Waals surface area (Å²) in [6.45, 7) is 6.52. The molecule has 4 atom stereocenters. The van der Waals surface area contributed by atoms with Crippen molar-refractivity contribution in [2.45, 2.75) is 76.2 Å². The highest BCUT2D eigenvalue weighted by molar-refractivity contribution is 4.98. The van der Waals surface area contributed by atoms with E-state index < -0.39 is 18.1 Å². The SMILES string of the molecule is CC(C)N1CC2CCC(C1)C2OC1CCCC(F)(F)C1N. The summed E-state index contributed by atoms with van der Waals surface area (Å²) < 4.78 is 33.7. The first kappa shape index (κ1) is 15.6. The van der Waals surface area contributed by atoms with Crippen LogP contribution in [-0.2, 0) is 4.74 Å². The van der Waals surface area contributed by atoms with Gasteiger partial charge in [-0.2, -0.15) is 0 Å². The summed E-state index contributed by atoms with van der Waals surface area (Å²) in [5.74, 6) is -1.77. The molecule has 1 heterocycles. The molecule has 1 aliphatic heterocycles. The molecule has 0 aromatic heterocycles. The van der Waals surface area contributed by atoms with Gasteiger partial charge in [0.1, 0.15) is 0 Å². The second kappa shape index (κ2) is 5.74. The smallest absolute Gasteiger partial charge is 0.265 e. The van der Waals surface area contributed by atoms with Crippen LogP contribution in [0.1, 0.15) is 46.0 Å². The Labute approximate surface area is 126 Å². The van der Waals surface area contributed by atoms with E-state index in [-0.39, 0.29) is 12.5 Å². The van der Waals surface area contributed by atoms with Crippen molar-refractivity contribution in [1.29, 1.82) is 0 Å². The van der Waals surface area contributed by atoms with E-state index in [2.05, 4.69) is 18.7 Å². The zero-order chi connectivity index (χ0) is 15.2. The Kier molecular flexibility index (Phi) is 4.27. The van der Waals surface area contributed by atoms with E-state index in [0.29, 0.717) is 30.7 Å². The lowest BCUT2D eigenvalue weighted by Gasteiger charge is -2.43. The first-order chi connectivity index (χ1) is 9.88. The number of alkyl halides is 2. The second-order valence-corrected chi connectivity index (χ2v) is 7.46. The van der Waals surface area contributed by atoms with Gasteiger partial charge in [-0.1, -0.05) is 0 Å². The number of ether oxygens (including phenoxy) is 1. The molecule has 5 heteroatoms. The molecule has 21 heavy (non-hydrogen) atoms. The molecule has 2 N–H and O–H groups in total. The van der Waals surface area contributed by atoms with Crippen LogP contribution in [0, 0.1) is 11.8 Å². The van der Waals surface area contributed by atoms with Crippen molar-refractivity contribution in [1.82, 2.24) is 4.90 Å². The number of piperidine rings is 1. The fraction of sp³-hybridized carbons (Fsp3) is 1.00. The van der Waals surface area contributed by atoms with E-state index >= 15 is 0 Å². The van der Waals surface area contributed by atoms with Crippen molar-refractivity contribution in [3.63, 3.8) is 0 Å². The Morgan fingerprint density at radius 1 is 1.14 bits per heavy atom. The van der Waals surface area contributed by atoms with Crippen molar-refractivity contribution in [3.8, 4) is 0 Å². The molecule has 2 saturated carbocycles. The third kappa shape index (κ3) is 2.97. The lowest BCUT2D eigenvalue weighted by atomic mass is 9.88. The van der Waals surface area contributed by atoms with Crippen LogP contribution >= 0.6 is 0 Å². The zero-order valence-corrected chi connectivity index (χ0v) is 13.1. The molecule has 4 unspecified atom stereocenters. The van der Waals surface area contributed by atoms with Gasteiger partial charge in [0.05, 0.1) is 18.2 Å². The number of rotatable bonds is 3. The van der Waals surface area contributed by atoms with Gasteiger partial charge in [-0.05, 0) is 51.4 Å². The van der Waals surface area contributed by atoms with Crippen LogP contribution in [0.3, 0.4) is 0 Å². The Hall–Kier alpha value is -0.260. The molecule has 0 radical (unpaired) electrons. The zero-order valence-electron chi connectivity index (χ0n) is 13.1. The average Bonchev–Trinajstić information content (AvgIpc) is 2.65. The maximum Gasteiger partial charge on any atom is 0.265 e. The summed E-state index contributed by atoms with van der Waals surface area (Å²) in [5, 5.41) is 0. The molecule has 3 aliphatic rings. The number of hydrogen-bond acceptors (Lipinski definition) is 3. The molecule has 1 saturated heterocycles. The fourth-order valence-electron chi connectivity index (χ4n) is 4.36. The van der Waals surface area contributed by atoms with Crippen LogP contribution in [0.2, 0.25) is 0 Å². The van der Waals surface area contributed by atoms with Gasteiger partial charge in [0.15, 0.2) is 0 Å². The molecule has 3 rings (SSSR count). The Morgan fingerprint density at radius 2 is 1.76 bits per heavy atom. The van der Waals surface area contributed by atoms with Gasteiger partial charge in [0.25, 0.3) is 5.92 Å². The molecule has 0 aromatic rings. The van der Waals surface area contributed by atoms with Crippen molar-refractivity contribution >= 4 is 0 Å². The van der Waals surface area contributed by atoms with Crippen molar-refractivity contribution in [3.05, 3.63) is 0 Å². The van der Waals surface area contributed by atoms with Gasteiger partial charge < -0.3 is 15.4 Å². The van der Waals surface area contributed by atoms with E-state index in [4.69, 9.17) is 10.5 Å². The quantitative estimate of drug-likeness (QED) is 0.871. The minimum absolute atomic E-state index is 0.0906. The van der Waals surface area contributed by atoms with Crippen molar-refractivity contribution in [2.75, 3.05) is 13.1 Å². The number of fused-ring (bicyclic) bond motifs is 2. The van der Waals surface area contributed by atoms with E-state index in [9.17, 15) is 8.78 Å². The van der Waals surface area contributed by atoms with Gasteiger partial charge in [-0.3, -0.25) is 0 Å². The predicted molar refractivity (Wildman–Crippen MR) is 78.4 cm³/mol. The summed E-state index contributed by atoms with van der Waals surface area (Å²) >= 11 is 0. The Morgan fingerprint density at radius 3 is 2.33 bits per heavy atom. The van der Waals surface area contributed by atoms with Crippen LogP contribution < -0.4 is 5.73 Å². The molecular formula is C16H28F2N2O. The van der Waals surface area contributed by atoms with Crippen molar-refractivity contribution in [2.24, 2.45) is 17.6 Å². The first-order valence-corrected chi connectivity index (χ1v) is 8.41.